The number of carbonyl (C=O) groups is 1. The Hall–Kier alpha value is -5.32. The van der Waals surface area contributed by atoms with Gasteiger partial charge in [-0.25, -0.2) is 22.0 Å². The van der Waals surface area contributed by atoms with Crippen molar-refractivity contribution in [1.29, 1.82) is 0 Å². The molecule has 0 bridgehead atoms. The van der Waals surface area contributed by atoms with E-state index in [2.05, 4.69) is 9.47 Å². The molecule has 1 aliphatic carbocycles. The number of rotatable bonds is 17. The van der Waals surface area contributed by atoms with Gasteiger partial charge in [-0.05, 0) is 6.07 Å². The molecule has 0 radical (unpaired) electrons. The van der Waals surface area contributed by atoms with E-state index in [4.69, 9.17) is 0 Å². The predicted molar refractivity (Wildman–Crippen MR) is 148 cm³/mol. The number of hydrogen-bond acceptors (Lipinski definition) is 7. The number of Topliss-reactive ketones (excluding diaryl/α,β-unsaturated/α-hetero) is 1. The summed E-state index contributed by atoms with van der Waals surface area (Å²) in [6.07, 6.45) is -4.75. The molecule has 59 heavy (non-hydrogen) atoms. The molecule has 2 atom stereocenters. The molecule has 0 aromatic heterocycles. The third-order valence-corrected chi connectivity index (χ3v) is 7.87. The highest BCUT2D eigenvalue weighted by molar-refractivity contribution is 6.12. The maximum Gasteiger partial charge on any atom is 0.385 e. The van der Waals surface area contributed by atoms with Crippen LogP contribution >= 0.6 is 0 Å². The smallest absolute Gasteiger partial charge is 0.385 e. The summed E-state index contributed by atoms with van der Waals surface area (Å²) in [6, 6.07) is 4.45. The standard InChI is InChI=1S/C29H13F21N2O7/c30-16-15(18(53)11-4-2-1-3-5-11)17(31)20(33)23(38,19(16)32)59-10-22(36,37)25(41,42)27(45,46)29(49,50)28(47,48)26(43,44)24(39,40)21(34,35)9-58-14-7-6-12(51(54)55)8-13(14)52(56)57/h1-8,19H,9-10H2. The number of non-ortho nitro benzene ring substituents is 1. The van der Waals surface area contributed by atoms with E-state index < -0.39 is 134 Å². The molecule has 2 aromatic rings. The number of benzene rings is 2. The van der Waals surface area contributed by atoms with Crippen molar-refractivity contribution in [2.75, 3.05) is 13.2 Å². The van der Waals surface area contributed by atoms with Crippen LogP contribution in [0.15, 0.2) is 71.6 Å². The second-order valence-corrected chi connectivity index (χ2v) is 11.7. The number of allylic oxidation sites excluding steroid dienone is 2. The van der Waals surface area contributed by atoms with Gasteiger partial charge in [-0.2, -0.15) is 70.2 Å². The minimum absolute atomic E-state index is 0.0662. The number of carbonyl (C=O) groups excluding carboxylic acids is 1. The molecule has 328 valence electrons. The van der Waals surface area contributed by atoms with Crippen LogP contribution in [0.1, 0.15) is 10.4 Å². The topological polar surface area (TPSA) is 122 Å². The number of nitro groups is 2. The first-order valence-corrected chi connectivity index (χ1v) is 14.5. The van der Waals surface area contributed by atoms with Crippen LogP contribution in [-0.2, 0) is 4.74 Å². The number of alkyl halides is 18. The van der Waals surface area contributed by atoms with E-state index in [9.17, 15) is 113 Å². The lowest BCUT2D eigenvalue weighted by molar-refractivity contribution is -0.455. The molecule has 3 rings (SSSR count). The molecule has 0 spiro atoms. The highest BCUT2D eigenvalue weighted by Gasteiger charge is 2.95. The molecular weight excluding hydrogens is 887 g/mol. The first kappa shape index (κ1) is 48.1. The van der Waals surface area contributed by atoms with Gasteiger partial charge < -0.3 is 9.47 Å². The quantitative estimate of drug-likeness (QED) is 0.0671. The van der Waals surface area contributed by atoms with E-state index in [1.807, 2.05) is 0 Å². The molecule has 0 saturated heterocycles. The van der Waals surface area contributed by atoms with Crippen LogP contribution in [0.4, 0.5) is 104 Å². The average molecular weight is 900 g/mol. The Morgan fingerprint density at radius 2 is 1.10 bits per heavy atom. The Bertz CT molecular complexity index is 2060. The Labute approximate surface area is 309 Å². The van der Waals surface area contributed by atoms with Crippen molar-refractivity contribution in [3.8, 4) is 5.75 Å². The van der Waals surface area contributed by atoms with Gasteiger partial charge in [0.05, 0.1) is 21.5 Å². The summed E-state index contributed by atoms with van der Waals surface area (Å²) in [5.41, 5.74) is -6.25. The van der Waals surface area contributed by atoms with Gasteiger partial charge in [-0.3, -0.25) is 25.0 Å². The summed E-state index contributed by atoms with van der Waals surface area (Å²) in [6.45, 7) is -7.86. The first-order chi connectivity index (χ1) is 26.4. The zero-order valence-corrected chi connectivity index (χ0v) is 27.3. The van der Waals surface area contributed by atoms with Crippen molar-refractivity contribution in [1.82, 2.24) is 0 Å². The SMILES string of the molecule is O=C(C1=C(F)C(F)C(F)(OCC(F)(F)C(F)(F)C(F)(F)C(F)(F)C(F)(F)C(F)(F)C(F)(F)C(F)(F)COc2ccc([N+](=O)[O-])cc2[N+](=O)[O-])C(F)=C1F)c1ccccc1. The third kappa shape index (κ3) is 7.35. The van der Waals surface area contributed by atoms with Gasteiger partial charge in [0, 0.05) is 11.6 Å². The Balaban J connectivity index is 1.96. The molecule has 0 heterocycles. The second-order valence-electron chi connectivity index (χ2n) is 11.7. The van der Waals surface area contributed by atoms with Crippen LogP contribution in [0, 0.1) is 20.2 Å². The van der Waals surface area contributed by atoms with Gasteiger partial charge in [0.2, 0.25) is 12.0 Å². The third-order valence-electron chi connectivity index (χ3n) is 7.87. The zero-order valence-electron chi connectivity index (χ0n) is 27.3. The van der Waals surface area contributed by atoms with Crippen molar-refractivity contribution in [3.05, 3.63) is 97.4 Å². The second kappa shape index (κ2) is 15.1. The molecule has 0 aliphatic heterocycles. The van der Waals surface area contributed by atoms with Gasteiger partial charge >= 0.3 is 58.9 Å². The maximum absolute atomic E-state index is 15.0. The summed E-state index contributed by atoms with van der Waals surface area (Å²) in [4.78, 5) is 30.9. The number of nitro benzene ring substituents is 2. The maximum atomic E-state index is 15.0. The first-order valence-electron chi connectivity index (χ1n) is 14.5. The molecule has 1 aliphatic rings. The minimum Gasteiger partial charge on any atom is -0.480 e. The summed E-state index contributed by atoms with van der Waals surface area (Å²) in [5, 5.41) is 21.7. The van der Waals surface area contributed by atoms with Gasteiger partial charge in [-0.15, -0.1) is 0 Å². The molecule has 0 saturated carbocycles. The summed E-state index contributed by atoms with van der Waals surface area (Å²) in [5.74, 6) is -87.1. The van der Waals surface area contributed by atoms with Crippen molar-refractivity contribution in [2.24, 2.45) is 0 Å². The molecule has 30 heteroatoms. The van der Waals surface area contributed by atoms with E-state index in [1.54, 1.807) is 0 Å². The molecular formula is C29H13F21N2O7. The fraction of sp³-hybridized carbons (Fsp3) is 0.414. The number of ether oxygens (including phenoxy) is 2. The van der Waals surface area contributed by atoms with Crippen LogP contribution in [0.3, 0.4) is 0 Å². The zero-order chi connectivity index (χ0) is 45.9. The molecule has 0 N–H and O–H groups in total. The van der Waals surface area contributed by atoms with Gasteiger partial charge in [-0.1, -0.05) is 30.3 Å². The van der Waals surface area contributed by atoms with E-state index in [0.29, 0.717) is 12.1 Å². The number of hydrogen-bond donors (Lipinski definition) is 0. The Morgan fingerprint density at radius 1 is 0.661 bits per heavy atom. The molecule has 2 aromatic carbocycles. The van der Waals surface area contributed by atoms with E-state index in [1.165, 1.54) is 0 Å². The van der Waals surface area contributed by atoms with E-state index >= 15 is 4.39 Å². The van der Waals surface area contributed by atoms with E-state index in [-0.39, 0.29) is 18.2 Å². The molecule has 9 nitrogen and oxygen atoms in total. The van der Waals surface area contributed by atoms with Gasteiger partial charge in [0.15, 0.2) is 29.8 Å². The predicted octanol–water partition coefficient (Wildman–Crippen LogP) is 10.3. The Morgan fingerprint density at radius 3 is 1.54 bits per heavy atom. The minimum atomic E-state index is -9.10. The summed E-state index contributed by atoms with van der Waals surface area (Å²) >= 11 is 0. The monoisotopic (exact) mass is 900 g/mol. The average Bonchev–Trinajstić information content (AvgIpc) is 3.14. The fourth-order valence-electron chi connectivity index (χ4n) is 4.52. The van der Waals surface area contributed by atoms with Crippen molar-refractivity contribution >= 4 is 17.2 Å². The normalized spacial score (nSPS) is 19.2. The van der Waals surface area contributed by atoms with Crippen LogP contribution in [0.5, 0.6) is 5.75 Å². The number of ketones is 1. The number of nitrogens with zero attached hydrogens (tertiary/aromatic N) is 2. The van der Waals surface area contributed by atoms with Crippen LogP contribution in [-0.4, -0.2) is 88.3 Å². The van der Waals surface area contributed by atoms with Crippen LogP contribution in [0.2, 0.25) is 0 Å². The van der Waals surface area contributed by atoms with Crippen molar-refractivity contribution < 1.29 is 116 Å². The molecule has 2 unspecified atom stereocenters. The van der Waals surface area contributed by atoms with Gasteiger partial charge in [0.25, 0.3) is 5.69 Å². The van der Waals surface area contributed by atoms with Crippen LogP contribution < -0.4 is 4.74 Å². The number of halogens is 21. The van der Waals surface area contributed by atoms with Crippen molar-refractivity contribution in [2.45, 2.75) is 59.4 Å². The highest BCUT2D eigenvalue weighted by Crippen LogP contribution is 2.64. The molecule has 0 fully saturated rings. The largest absolute Gasteiger partial charge is 0.480 e. The lowest BCUT2D eigenvalue weighted by atomic mass is 9.87. The van der Waals surface area contributed by atoms with Crippen molar-refractivity contribution in [3.63, 3.8) is 0 Å². The van der Waals surface area contributed by atoms with Gasteiger partial charge in [0.1, 0.15) is 6.61 Å². The lowest BCUT2D eigenvalue weighted by Gasteiger charge is -2.43. The lowest BCUT2D eigenvalue weighted by Crippen LogP contribution is -2.75. The fourth-order valence-corrected chi connectivity index (χ4v) is 4.52. The summed E-state index contributed by atoms with van der Waals surface area (Å²) in [7, 11) is 0. The molecule has 0 amide bonds. The van der Waals surface area contributed by atoms with E-state index in [0.717, 1.165) is 18.2 Å². The van der Waals surface area contributed by atoms with Crippen LogP contribution in [0.25, 0.3) is 0 Å². The Kier molecular flexibility index (Phi) is 12.3. The highest BCUT2D eigenvalue weighted by atomic mass is 19.4. The summed E-state index contributed by atoms with van der Waals surface area (Å²) < 4.78 is 310.